The van der Waals surface area contributed by atoms with Gasteiger partial charge in [0.25, 0.3) is 0 Å². The average Bonchev–Trinajstić information content (AvgIpc) is 2.85. The molecule has 0 unspecified atom stereocenters. The van der Waals surface area contributed by atoms with Crippen LogP contribution in [0.5, 0.6) is 0 Å². The minimum Gasteiger partial charge on any atom is -0.337 e. The molecule has 96 valence electrons. The number of imidazole rings is 1. The molecule has 0 atom stereocenters. The van der Waals surface area contributed by atoms with Crippen molar-refractivity contribution in [2.45, 2.75) is 38.3 Å². The molecule has 1 saturated heterocycles. The van der Waals surface area contributed by atoms with Crippen molar-refractivity contribution in [1.29, 1.82) is 0 Å². The van der Waals surface area contributed by atoms with E-state index in [9.17, 15) is 0 Å². The van der Waals surface area contributed by atoms with Gasteiger partial charge in [0, 0.05) is 24.5 Å². The highest BCUT2D eigenvalue weighted by molar-refractivity contribution is 4.88. The van der Waals surface area contributed by atoms with Crippen LogP contribution in [0.15, 0.2) is 18.7 Å². The Morgan fingerprint density at radius 1 is 1.29 bits per heavy atom. The predicted molar refractivity (Wildman–Crippen MR) is 70.0 cm³/mol. The SMILES string of the molecule is CNC1(C)CCN(CCCn2ccnc2)CC1. The van der Waals surface area contributed by atoms with Crippen molar-refractivity contribution in [2.75, 3.05) is 26.7 Å². The molecule has 0 bridgehead atoms. The highest BCUT2D eigenvalue weighted by Gasteiger charge is 2.27. The summed E-state index contributed by atoms with van der Waals surface area (Å²) in [6, 6.07) is 0. The fourth-order valence-electron chi connectivity index (χ4n) is 2.42. The number of nitrogens with zero attached hydrogens (tertiary/aromatic N) is 3. The van der Waals surface area contributed by atoms with Gasteiger partial charge in [-0.05, 0) is 52.9 Å². The molecule has 0 amide bonds. The summed E-state index contributed by atoms with van der Waals surface area (Å²) in [5.41, 5.74) is 0.362. The molecule has 1 aliphatic rings. The van der Waals surface area contributed by atoms with E-state index in [1.807, 2.05) is 18.7 Å². The number of rotatable bonds is 5. The lowest BCUT2D eigenvalue weighted by atomic mass is 9.90. The first kappa shape index (κ1) is 12.6. The Morgan fingerprint density at radius 2 is 2.06 bits per heavy atom. The third-order valence-electron chi connectivity index (χ3n) is 4.01. The molecule has 0 aromatic carbocycles. The van der Waals surface area contributed by atoms with E-state index in [2.05, 4.69) is 33.7 Å². The van der Waals surface area contributed by atoms with Gasteiger partial charge in [0.15, 0.2) is 0 Å². The Kier molecular flexibility index (Phi) is 4.18. The lowest BCUT2D eigenvalue weighted by Crippen LogP contribution is -2.50. The summed E-state index contributed by atoms with van der Waals surface area (Å²) >= 11 is 0. The van der Waals surface area contributed by atoms with E-state index in [0.717, 1.165) is 6.54 Å². The van der Waals surface area contributed by atoms with Crippen molar-refractivity contribution in [1.82, 2.24) is 19.8 Å². The van der Waals surface area contributed by atoms with E-state index in [1.165, 1.54) is 38.9 Å². The molecular weight excluding hydrogens is 212 g/mol. The Balaban J connectivity index is 1.65. The van der Waals surface area contributed by atoms with E-state index in [4.69, 9.17) is 0 Å². The molecule has 4 heteroatoms. The van der Waals surface area contributed by atoms with Gasteiger partial charge in [0.05, 0.1) is 6.33 Å². The quantitative estimate of drug-likeness (QED) is 0.837. The van der Waals surface area contributed by atoms with Crippen LogP contribution in [0.4, 0.5) is 0 Å². The zero-order valence-electron chi connectivity index (χ0n) is 11.0. The zero-order valence-corrected chi connectivity index (χ0v) is 11.0. The number of likely N-dealkylation sites (tertiary alicyclic amines) is 1. The Morgan fingerprint density at radius 3 is 2.65 bits per heavy atom. The Labute approximate surface area is 104 Å². The maximum atomic E-state index is 4.06. The van der Waals surface area contributed by atoms with Crippen LogP contribution < -0.4 is 5.32 Å². The van der Waals surface area contributed by atoms with Crippen molar-refractivity contribution in [3.05, 3.63) is 18.7 Å². The second kappa shape index (κ2) is 5.65. The molecule has 1 aromatic heterocycles. The molecule has 0 saturated carbocycles. The van der Waals surface area contributed by atoms with Crippen LogP contribution in [0.25, 0.3) is 0 Å². The lowest BCUT2D eigenvalue weighted by Gasteiger charge is -2.39. The van der Waals surface area contributed by atoms with Crippen molar-refractivity contribution < 1.29 is 0 Å². The number of piperidine rings is 1. The van der Waals surface area contributed by atoms with Crippen molar-refractivity contribution in [3.63, 3.8) is 0 Å². The third-order valence-corrected chi connectivity index (χ3v) is 4.01. The van der Waals surface area contributed by atoms with Gasteiger partial charge in [0.2, 0.25) is 0 Å². The number of hydrogen-bond acceptors (Lipinski definition) is 3. The first-order valence-electron chi connectivity index (χ1n) is 6.59. The molecule has 1 aromatic rings. The van der Waals surface area contributed by atoms with E-state index in [0.29, 0.717) is 5.54 Å². The normalized spacial score (nSPS) is 20.6. The van der Waals surface area contributed by atoms with Gasteiger partial charge >= 0.3 is 0 Å². The number of nitrogens with one attached hydrogen (secondary N) is 1. The fourth-order valence-corrected chi connectivity index (χ4v) is 2.42. The Hall–Kier alpha value is -0.870. The summed E-state index contributed by atoms with van der Waals surface area (Å²) in [7, 11) is 2.08. The van der Waals surface area contributed by atoms with Gasteiger partial charge in [-0.15, -0.1) is 0 Å². The molecule has 0 spiro atoms. The number of aromatic nitrogens is 2. The number of aryl methyl sites for hydroxylation is 1. The minimum absolute atomic E-state index is 0.362. The average molecular weight is 236 g/mol. The zero-order chi connectivity index (χ0) is 12.1. The first-order valence-corrected chi connectivity index (χ1v) is 6.59. The van der Waals surface area contributed by atoms with Gasteiger partial charge in [-0.3, -0.25) is 0 Å². The van der Waals surface area contributed by atoms with Crippen molar-refractivity contribution in [3.8, 4) is 0 Å². The summed E-state index contributed by atoms with van der Waals surface area (Å²) in [5.74, 6) is 0. The summed E-state index contributed by atoms with van der Waals surface area (Å²) in [6.07, 6.45) is 9.51. The van der Waals surface area contributed by atoms with Crippen molar-refractivity contribution in [2.24, 2.45) is 0 Å². The summed E-state index contributed by atoms with van der Waals surface area (Å²) in [6.45, 7) is 7.07. The summed E-state index contributed by atoms with van der Waals surface area (Å²) in [5, 5.41) is 3.44. The van der Waals surface area contributed by atoms with Crippen LogP contribution in [0, 0.1) is 0 Å². The molecule has 1 fully saturated rings. The largest absolute Gasteiger partial charge is 0.337 e. The monoisotopic (exact) mass is 236 g/mol. The molecule has 1 N–H and O–H groups in total. The third kappa shape index (κ3) is 3.54. The standard InChI is InChI=1S/C13H24N4/c1-13(14-2)4-9-16(10-5-13)7-3-8-17-11-6-15-12-17/h6,11-12,14H,3-5,7-10H2,1-2H3. The molecule has 2 rings (SSSR count). The molecule has 0 radical (unpaired) electrons. The fraction of sp³-hybridized carbons (Fsp3) is 0.769. The van der Waals surface area contributed by atoms with Gasteiger partial charge in [-0.25, -0.2) is 4.98 Å². The van der Waals surface area contributed by atoms with E-state index in [-0.39, 0.29) is 0 Å². The molecule has 4 nitrogen and oxygen atoms in total. The van der Waals surface area contributed by atoms with Gasteiger partial charge in [-0.2, -0.15) is 0 Å². The maximum Gasteiger partial charge on any atom is 0.0945 e. The van der Waals surface area contributed by atoms with E-state index < -0.39 is 0 Å². The highest BCUT2D eigenvalue weighted by Crippen LogP contribution is 2.20. The molecule has 17 heavy (non-hydrogen) atoms. The van der Waals surface area contributed by atoms with Crippen LogP contribution in [0.2, 0.25) is 0 Å². The second-order valence-corrected chi connectivity index (χ2v) is 5.31. The van der Waals surface area contributed by atoms with Crippen LogP contribution in [0.1, 0.15) is 26.2 Å². The highest BCUT2D eigenvalue weighted by atomic mass is 15.1. The van der Waals surface area contributed by atoms with Crippen LogP contribution >= 0.6 is 0 Å². The first-order chi connectivity index (χ1) is 8.22. The van der Waals surface area contributed by atoms with Crippen molar-refractivity contribution >= 4 is 0 Å². The molecule has 1 aliphatic heterocycles. The lowest BCUT2D eigenvalue weighted by molar-refractivity contribution is 0.149. The molecule has 0 aliphatic carbocycles. The van der Waals surface area contributed by atoms with Crippen LogP contribution in [0.3, 0.4) is 0 Å². The topological polar surface area (TPSA) is 33.1 Å². The van der Waals surface area contributed by atoms with Crippen LogP contribution in [-0.4, -0.2) is 46.7 Å². The summed E-state index contributed by atoms with van der Waals surface area (Å²) in [4.78, 5) is 6.64. The van der Waals surface area contributed by atoms with Gasteiger partial charge < -0.3 is 14.8 Å². The number of hydrogen-bond donors (Lipinski definition) is 1. The minimum atomic E-state index is 0.362. The Bertz CT molecular complexity index is 312. The second-order valence-electron chi connectivity index (χ2n) is 5.31. The molecule has 2 heterocycles. The van der Waals surface area contributed by atoms with Crippen LogP contribution in [-0.2, 0) is 6.54 Å². The smallest absolute Gasteiger partial charge is 0.0945 e. The van der Waals surface area contributed by atoms with E-state index >= 15 is 0 Å². The summed E-state index contributed by atoms with van der Waals surface area (Å²) < 4.78 is 2.15. The molecular formula is C13H24N4. The van der Waals surface area contributed by atoms with Gasteiger partial charge in [-0.1, -0.05) is 0 Å². The maximum absolute atomic E-state index is 4.06. The van der Waals surface area contributed by atoms with E-state index in [1.54, 1.807) is 0 Å². The van der Waals surface area contributed by atoms with Gasteiger partial charge in [0.1, 0.15) is 0 Å². The predicted octanol–water partition coefficient (Wildman–Crippen LogP) is 1.35.